The lowest BCUT2D eigenvalue weighted by molar-refractivity contribution is -0.145. The molecule has 16 heavy (non-hydrogen) atoms. The Morgan fingerprint density at radius 1 is 0.938 bits per heavy atom. The number of aromatic nitrogens is 3. The molecule has 0 spiro atoms. The highest BCUT2D eigenvalue weighted by Gasteiger charge is 2.35. The molecule has 0 saturated heterocycles. The Morgan fingerprint density at radius 3 is 2.12 bits per heavy atom. The molecule has 0 aliphatic heterocycles. The summed E-state index contributed by atoms with van der Waals surface area (Å²) in [6.45, 7) is 0. The minimum Gasteiger partial charge on any atom is -0.229 e. The fourth-order valence-corrected chi connectivity index (χ4v) is 1.15. The van der Waals surface area contributed by atoms with E-state index in [0.717, 1.165) is 6.20 Å². The SMILES string of the molecule is FC(F)(F)c1ncc(-c2ccccc2)nn1. The van der Waals surface area contributed by atoms with Crippen LogP contribution in [0, 0.1) is 0 Å². The Balaban J connectivity index is 2.34. The van der Waals surface area contributed by atoms with Crippen molar-refractivity contribution in [3.63, 3.8) is 0 Å². The van der Waals surface area contributed by atoms with Gasteiger partial charge in [-0.05, 0) is 0 Å². The van der Waals surface area contributed by atoms with Gasteiger partial charge in [0, 0.05) is 5.56 Å². The van der Waals surface area contributed by atoms with Crippen LogP contribution in [0.2, 0.25) is 0 Å². The largest absolute Gasteiger partial charge is 0.453 e. The van der Waals surface area contributed by atoms with E-state index in [1.54, 1.807) is 30.3 Å². The van der Waals surface area contributed by atoms with Crippen LogP contribution in [0.4, 0.5) is 13.2 Å². The van der Waals surface area contributed by atoms with Crippen LogP contribution < -0.4 is 0 Å². The van der Waals surface area contributed by atoms with Crippen molar-refractivity contribution in [2.45, 2.75) is 6.18 Å². The molecule has 6 heteroatoms. The fraction of sp³-hybridized carbons (Fsp3) is 0.100. The van der Waals surface area contributed by atoms with Gasteiger partial charge in [0.15, 0.2) is 0 Å². The van der Waals surface area contributed by atoms with E-state index in [2.05, 4.69) is 15.2 Å². The molecular formula is C10H6F3N3. The highest BCUT2D eigenvalue weighted by Crippen LogP contribution is 2.25. The summed E-state index contributed by atoms with van der Waals surface area (Å²) in [5.74, 6) is -1.23. The Labute approximate surface area is 89.0 Å². The van der Waals surface area contributed by atoms with E-state index in [4.69, 9.17) is 0 Å². The number of halogens is 3. The second kappa shape index (κ2) is 3.88. The van der Waals surface area contributed by atoms with Crippen molar-refractivity contribution in [1.82, 2.24) is 15.2 Å². The Hall–Kier alpha value is -1.98. The Kier molecular flexibility index (Phi) is 2.55. The second-order valence-corrected chi connectivity index (χ2v) is 3.03. The summed E-state index contributed by atoms with van der Waals surface area (Å²) in [5, 5.41) is 6.52. The molecule has 0 amide bonds. The molecule has 3 nitrogen and oxygen atoms in total. The molecule has 0 atom stereocenters. The van der Waals surface area contributed by atoms with Crippen LogP contribution in [0.25, 0.3) is 11.3 Å². The smallest absolute Gasteiger partial charge is 0.229 e. The van der Waals surface area contributed by atoms with Crippen LogP contribution in [-0.2, 0) is 6.18 Å². The lowest BCUT2D eigenvalue weighted by Crippen LogP contribution is -2.11. The zero-order chi connectivity index (χ0) is 11.6. The molecule has 0 aliphatic carbocycles. The first-order chi connectivity index (χ1) is 7.57. The van der Waals surface area contributed by atoms with E-state index in [9.17, 15) is 13.2 Å². The molecule has 2 rings (SSSR count). The topological polar surface area (TPSA) is 38.7 Å². The third kappa shape index (κ3) is 2.16. The van der Waals surface area contributed by atoms with Crippen LogP contribution in [-0.4, -0.2) is 15.2 Å². The number of rotatable bonds is 1. The van der Waals surface area contributed by atoms with E-state index >= 15 is 0 Å². The average Bonchev–Trinajstić information content (AvgIpc) is 2.29. The first-order valence-corrected chi connectivity index (χ1v) is 4.40. The highest BCUT2D eigenvalue weighted by atomic mass is 19.4. The highest BCUT2D eigenvalue weighted by molar-refractivity contribution is 5.56. The van der Waals surface area contributed by atoms with Gasteiger partial charge in [-0.25, -0.2) is 4.98 Å². The predicted molar refractivity (Wildman–Crippen MR) is 50.3 cm³/mol. The van der Waals surface area contributed by atoms with Crippen molar-refractivity contribution in [1.29, 1.82) is 0 Å². The van der Waals surface area contributed by atoms with E-state index in [-0.39, 0.29) is 0 Å². The third-order valence-corrected chi connectivity index (χ3v) is 1.88. The summed E-state index contributed by atoms with van der Waals surface area (Å²) < 4.78 is 36.5. The van der Waals surface area contributed by atoms with Gasteiger partial charge in [-0.3, -0.25) is 0 Å². The minimum absolute atomic E-state index is 0.314. The molecule has 2 aromatic rings. The van der Waals surface area contributed by atoms with Gasteiger partial charge in [0.1, 0.15) is 5.69 Å². The monoisotopic (exact) mass is 225 g/mol. The van der Waals surface area contributed by atoms with Gasteiger partial charge in [-0.15, -0.1) is 10.2 Å². The molecule has 1 aromatic heterocycles. The van der Waals surface area contributed by atoms with Gasteiger partial charge < -0.3 is 0 Å². The van der Waals surface area contributed by atoms with Gasteiger partial charge in [-0.2, -0.15) is 13.2 Å². The summed E-state index contributed by atoms with van der Waals surface area (Å²) in [6.07, 6.45) is -3.49. The summed E-state index contributed by atoms with van der Waals surface area (Å²) in [4.78, 5) is 3.23. The van der Waals surface area contributed by atoms with Gasteiger partial charge >= 0.3 is 6.18 Å². The zero-order valence-corrected chi connectivity index (χ0v) is 7.94. The van der Waals surface area contributed by atoms with E-state index in [1.807, 2.05) is 0 Å². The molecule has 0 bridgehead atoms. The van der Waals surface area contributed by atoms with Crippen molar-refractivity contribution in [3.8, 4) is 11.3 Å². The molecule has 1 heterocycles. The maximum Gasteiger partial charge on any atom is 0.453 e. The van der Waals surface area contributed by atoms with Crippen LogP contribution in [0.1, 0.15) is 5.82 Å². The summed E-state index contributed by atoms with van der Waals surface area (Å²) in [7, 11) is 0. The third-order valence-electron chi connectivity index (χ3n) is 1.88. The van der Waals surface area contributed by atoms with Crippen molar-refractivity contribution in [3.05, 3.63) is 42.4 Å². The maximum absolute atomic E-state index is 12.2. The van der Waals surface area contributed by atoms with Gasteiger partial charge in [0.05, 0.1) is 6.20 Å². The number of nitrogens with zero attached hydrogens (tertiary/aromatic N) is 3. The average molecular weight is 225 g/mol. The van der Waals surface area contributed by atoms with E-state index in [1.165, 1.54) is 0 Å². The zero-order valence-electron chi connectivity index (χ0n) is 7.94. The molecule has 0 unspecified atom stereocenters. The van der Waals surface area contributed by atoms with Crippen molar-refractivity contribution in [2.75, 3.05) is 0 Å². The van der Waals surface area contributed by atoms with E-state index < -0.39 is 12.0 Å². The molecular weight excluding hydrogens is 219 g/mol. The number of alkyl halides is 3. The Morgan fingerprint density at radius 2 is 1.62 bits per heavy atom. The van der Waals surface area contributed by atoms with Gasteiger partial charge in [0.25, 0.3) is 5.82 Å². The summed E-state index contributed by atoms with van der Waals surface area (Å²) >= 11 is 0. The molecule has 0 radical (unpaired) electrons. The maximum atomic E-state index is 12.2. The normalized spacial score (nSPS) is 11.4. The Bertz CT molecular complexity index is 465. The lowest BCUT2D eigenvalue weighted by Gasteiger charge is -2.03. The molecule has 82 valence electrons. The van der Waals surface area contributed by atoms with Crippen LogP contribution in [0.5, 0.6) is 0 Å². The number of hydrogen-bond donors (Lipinski definition) is 0. The van der Waals surface area contributed by atoms with Crippen molar-refractivity contribution in [2.24, 2.45) is 0 Å². The molecule has 1 aromatic carbocycles. The summed E-state index contributed by atoms with van der Waals surface area (Å²) in [6, 6.07) is 8.76. The number of hydrogen-bond acceptors (Lipinski definition) is 3. The standard InChI is InChI=1S/C10H6F3N3/c11-10(12,13)9-14-6-8(15-16-9)7-4-2-1-3-5-7/h1-6H. The second-order valence-electron chi connectivity index (χ2n) is 3.03. The molecule has 0 aliphatic rings. The first kappa shape index (κ1) is 10.5. The summed E-state index contributed by atoms with van der Waals surface area (Å²) in [5.41, 5.74) is 0.991. The van der Waals surface area contributed by atoms with Crippen molar-refractivity contribution < 1.29 is 13.2 Å². The van der Waals surface area contributed by atoms with Crippen LogP contribution in [0.15, 0.2) is 36.5 Å². The lowest BCUT2D eigenvalue weighted by atomic mass is 10.2. The first-order valence-electron chi connectivity index (χ1n) is 4.40. The minimum atomic E-state index is -4.55. The quantitative estimate of drug-likeness (QED) is 0.748. The molecule has 0 N–H and O–H groups in total. The molecule has 0 saturated carbocycles. The number of benzene rings is 1. The molecule has 0 fully saturated rings. The van der Waals surface area contributed by atoms with Crippen molar-refractivity contribution >= 4 is 0 Å². The van der Waals surface area contributed by atoms with Crippen LogP contribution >= 0.6 is 0 Å². The van der Waals surface area contributed by atoms with Gasteiger partial charge in [-0.1, -0.05) is 30.3 Å². The predicted octanol–water partition coefficient (Wildman–Crippen LogP) is 2.56. The van der Waals surface area contributed by atoms with E-state index in [0.29, 0.717) is 11.3 Å². The van der Waals surface area contributed by atoms with Crippen LogP contribution in [0.3, 0.4) is 0 Å². The fourth-order valence-electron chi connectivity index (χ4n) is 1.15. The van der Waals surface area contributed by atoms with Gasteiger partial charge in [0.2, 0.25) is 0 Å².